The minimum atomic E-state index is -1.33. The van der Waals surface area contributed by atoms with Crippen LogP contribution in [0.25, 0.3) is 16.6 Å². The summed E-state index contributed by atoms with van der Waals surface area (Å²) in [6.07, 6.45) is 6.04. The highest BCUT2D eigenvalue weighted by atomic mass is 19.1. The van der Waals surface area contributed by atoms with Gasteiger partial charge < -0.3 is 23.6 Å². The fraction of sp³-hybridized carbons (Fsp3) is 0.185. The zero-order valence-electron chi connectivity index (χ0n) is 20.3. The summed E-state index contributed by atoms with van der Waals surface area (Å²) < 4.78 is 50.0. The highest BCUT2D eigenvalue weighted by Crippen LogP contribution is 2.23. The van der Waals surface area contributed by atoms with Crippen LogP contribution >= 0.6 is 0 Å². The summed E-state index contributed by atoms with van der Waals surface area (Å²) in [4.78, 5) is 47.8. The van der Waals surface area contributed by atoms with Crippen molar-refractivity contribution in [3.8, 4) is 0 Å². The number of benzene rings is 1. The van der Waals surface area contributed by atoms with E-state index in [-0.39, 0.29) is 28.9 Å². The predicted molar refractivity (Wildman–Crippen MR) is 133 cm³/mol. The molecular formula is C27H20F3N5O4. The van der Waals surface area contributed by atoms with Gasteiger partial charge >= 0.3 is 0 Å². The highest BCUT2D eigenvalue weighted by molar-refractivity contribution is 6.16. The second kappa shape index (κ2) is 9.55. The molecule has 0 unspecified atom stereocenters. The number of pyridine rings is 2. The van der Waals surface area contributed by atoms with Crippen molar-refractivity contribution in [2.45, 2.75) is 6.54 Å². The third-order valence-electron chi connectivity index (χ3n) is 6.67. The number of nitrogens with one attached hydrogen (secondary N) is 1. The Hall–Kier alpha value is -4.71. The van der Waals surface area contributed by atoms with E-state index in [0.29, 0.717) is 55.3 Å². The number of rotatable bonds is 5. The van der Waals surface area contributed by atoms with Crippen LogP contribution in [-0.2, 0) is 11.3 Å². The van der Waals surface area contributed by atoms with Gasteiger partial charge in [0.1, 0.15) is 28.6 Å². The number of H-pyrrole nitrogens is 1. The number of nitrogens with zero attached hydrogens (tertiary/aromatic N) is 4. The third-order valence-corrected chi connectivity index (χ3v) is 6.67. The Morgan fingerprint density at radius 3 is 2.51 bits per heavy atom. The van der Waals surface area contributed by atoms with E-state index in [4.69, 9.17) is 4.74 Å². The second-order valence-corrected chi connectivity index (χ2v) is 9.13. The number of imidazole rings is 1. The van der Waals surface area contributed by atoms with Crippen molar-refractivity contribution < 1.29 is 27.5 Å². The lowest BCUT2D eigenvalue weighted by Crippen LogP contribution is -2.40. The third kappa shape index (κ3) is 4.38. The number of aromatic amines is 1. The Morgan fingerprint density at radius 2 is 1.77 bits per heavy atom. The molecule has 1 N–H and O–H groups in total. The number of morpholine rings is 1. The van der Waals surface area contributed by atoms with Crippen LogP contribution in [0.1, 0.15) is 32.0 Å². The van der Waals surface area contributed by atoms with Gasteiger partial charge in [-0.15, -0.1) is 0 Å². The minimum absolute atomic E-state index is 0.0611. The molecule has 1 saturated heterocycles. The smallest absolute Gasteiger partial charge is 0.275 e. The molecule has 12 heteroatoms. The number of aromatic nitrogens is 4. The lowest BCUT2D eigenvalue weighted by Gasteiger charge is -2.26. The lowest BCUT2D eigenvalue weighted by molar-refractivity contribution is 0.0302. The van der Waals surface area contributed by atoms with Crippen LogP contribution in [-0.4, -0.2) is 61.8 Å². The van der Waals surface area contributed by atoms with Crippen LogP contribution in [0, 0.1) is 17.5 Å². The second-order valence-electron chi connectivity index (χ2n) is 9.13. The zero-order valence-corrected chi connectivity index (χ0v) is 20.3. The van der Waals surface area contributed by atoms with Gasteiger partial charge in [0.05, 0.1) is 36.6 Å². The van der Waals surface area contributed by atoms with Crippen LogP contribution < -0.4 is 5.56 Å². The molecular weight excluding hydrogens is 515 g/mol. The topological polar surface area (TPSA) is 102 Å². The first kappa shape index (κ1) is 24.6. The van der Waals surface area contributed by atoms with Crippen molar-refractivity contribution in [1.29, 1.82) is 0 Å². The Labute approximate surface area is 218 Å². The summed E-state index contributed by atoms with van der Waals surface area (Å²) in [6.45, 7) is 2.14. The molecule has 39 heavy (non-hydrogen) atoms. The van der Waals surface area contributed by atoms with Gasteiger partial charge in [0.25, 0.3) is 11.5 Å². The first-order chi connectivity index (χ1) is 18.8. The molecule has 1 aliphatic rings. The van der Waals surface area contributed by atoms with E-state index in [1.807, 2.05) is 0 Å². The van der Waals surface area contributed by atoms with Gasteiger partial charge in [0.2, 0.25) is 5.78 Å². The van der Waals surface area contributed by atoms with E-state index >= 15 is 0 Å². The van der Waals surface area contributed by atoms with Crippen molar-refractivity contribution >= 4 is 28.2 Å². The maximum Gasteiger partial charge on any atom is 0.275 e. The molecule has 1 amide bonds. The summed E-state index contributed by atoms with van der Waals surface area (Å²) in [7, 11) is 0. The fourth-order valence-electron chi connectivity index (χ4n) is 4.74. The number of ether oxygens (including phenoxy) is 1. The lowest BCUT2D eigenvalue weighted by atomic mass is 10.0. The molecule has 4 aromatic heterocycles. The van der Waals surface area contributed by atoms with Crippen molar-refractivity contribution in [3.05, 3.63) is 105 Å². The molecule has 0 aliphatic carbocycles. The SMILES string of the molecule is O=C(c1c(F)cc(F)cc1F)c1c[nH]c2c(=O)n(Cc3cn4cc(C(=O)N5CCOCC5)ccc4n3)ccc12. The highest BCUT2D eigenvalue weighted by Gasteiger charge is 2.24. The van der Waals surface area contributed by atoms with Crippen LogP contribution in [0.15, 0.2) is 59.9 Å². The number of carbonyl (C=O) groups is 2. The van der Waals surface area contributed by atoms with Crippen molar-refractivity contribution in [1.82, 2.24) is 23.8 Å². The van der Waals surface area contributed by atoms with Crippen molar-refractivity contribution in [2.75, 3.05) is 26.3 Å². The zero-order chi connectivity index (χ0) is 27.3. The molecule has 0 bridgehead atoms. The first-order valence-corrected chi connectivity index (χ1v) is 12.0. The molecule has 0 atom stereocenters. The summed E-state index contributed by atoms with van der Waals surface area (Å²) in [6, 6.07) is 5.75. The molecule has 1 aliphatic heterocycles. The Bertz CT molecular complexity index is 1810. The quantitative estimate of drug-likeness (QED) is 0.349. The Morgan fingerprint density at radius 1 is 1.03 bits per heavy atom. The number of halogens is 3. The maximum absolute atomic E-state index is 14.2. The Balaban J connectivity index is 1.28. The molecule has 5 heterocycles. The van der Waals surface area contributed by atoms with Gasteiger partial charge in [0, 0.05) is 61.0 Å². The van der Waals surface area contributed by atoms with Crippen LogP contribution in [0.4, 0.5) is 13.2 Å². The van der Waals surface area contributed by atoms with Gasteiger partial charge in [-0.2, -0.15) is 0 Å². The van der Waals surface area contributed by atoms with Crippen LogP contribution in [0.2, 0.25) is 0 Å². The molecule has 9 nitrogen and oxygen atoms in total. The monoisotopic (exact) mass is 535 g/mol. The number of amides is 1. The van der Waals surface area contributed by atoms with E-state index in [1.165, 1.54) is 23.0 Å². The molecule has 1 fully saturated rings. The van der Waals surface area contributed by atoms with Crippen LogP contribution in [0.3, 0.4) is 0 Å². The molecule has 6 rings (SSSR count). The van der Waals surface area contributed by atoms with E-state index in [0.717, 1.165) is 0 Å². The molecule has 0 saturated carbocycles. The Kier molecular flexibility index (Phi) is 6.03. The molecule has 198 valence electrons. The van der Waals surface area contributed by atoms with E-state index in [1.54, 1.807) is 33.8 Å². The summed E-state index contributed by atoms with van der Waals surface area (Å²) in [5.41, 5.74) is 0.198. The van der Waals surface area contributed by atoms with Gasteiger partial charge in [-0.25, -0.2) is 18.2 Å². The van der Waals surface area contributed by atoms with Gasteiger partial charge in [-0.1, -0.05) is 0 Å². The normalized spacial score (nSPS) is 13.9. The average molecular weight is 535 g/mol. The van der Waals surface area contributed by atoms with Crippen molar-refractivity contribution in [2.24, 2.45) is 0 Å². The number of fused-ring (bicyclic) bond motifs is 2. The molecule has 0 spiro atoms. The van der Waals surface area contributed by atoms with Crippen molar-refractivity contribution in [3.63, 3.8) is 0 Å². The standard InChI is InChI=1S/C27H20F3N5O4/c28-16-9-20(29)23(21(30)10-16)25(36)19-11-31-24-18(19)3-4-34(27(24)38)13-17-14-35-12-15(1-2-22(35)32-17)26(37)33-5-7-39-8-6-33/h1-4,9-12,14,31H,5-8,13H2. The van der Waals surface area contributed by atoms with E-state index in [2.05, 4.69) is 9.97 Å². The summed E-state index contributed by atoms with van der Waals surface area (Å²) in [5, 5.41) is 0.172. The number of hydrogen-bond acceptors (Lipinski definition) is 5. The average Bonchev–Trinajstić information content (AvgIpc) is 3.53. The van der Waals surface area contributed by atoms with E-state index < -0.39 is 34.4 Å². The molecule has 0 radical (unpaired) electrons. The fourth-order valence-corrected chi connectivity index (χ4v) is 4.74. The number of hydrogen-bond donors (Lipinski definition) is 1. The molecule has 1 aromatic carbocycles. The largest absolute Gasteiger partial charge is 0.378 e. The summed E-state index contributed by atoms with van der Waals surface area (Å²) >= 11 is 0. The van der Waals surface area contributed by atoms with E-state index in [9.17, 15) is 27.6 Å². The van der Waals surface area contributed by atoms with Gasteiger partial charge in [0.15, 0.2) is 0 Å². The maximum atomic E-state index is 14.2. The first-order valence-electron chi connectivity index (χ1n) is 12.0. The predicted octanol–water partition coefficient (Wildman–Crippen LogP) is 3.15. The number of carbonyl (C=O) groups excluding carboxylic acids is 2. The summed E-state index contributed by atoms with van der Waals surface area (Å²) in [5.74, 6) is -4.93. The van der Waals surface area contributed by atoms with Gasteiger partial charge in [-0.05, 0) is 18.2 Å². The number of ketones is 1. The molecule has 5 aromatic rings. The van der Waals surface area contributed by atoms with Gasteiger partial charge in [-0.3, -0.25) is 14.4 Å². The van der Waals surface area contributed by atoms with Crippen LogP contribution in [0.5, 0.6) is 0 Å². The minimum Gasteiger partial charge on any atom is -0.378 e.